The molecule has 37 valence electrons. The maximum atomic E-state index is 3.89. The topological polar surface area (TPSA) is 12.9 Å². The summed E-state index contributed by atoms with van der Waals surface area (Å²) in [6, 6.07) is 0. The molecule has 0 aliphatic heterocycles. The maximum Gasteiger partial charge on any atom is 0.159 e. The lowest BCUT2D eigenvalue weighted by Gasteiger charge is -1.66. The molecule has 0 aliphatic carbocycles. The van der Waals surface area contributed by atoms with Crippen LogP contribution in [-0.4, -0.2) is 4.98 Å². The highest BCUT2D eigenvalue weighted by molar-refractivity contribution is 9.11. The third-order valence-corrected chi connectivity index (χ3v) is 1.86. The molecule has 1 rings (SSSR count). The predicted octanol–water partition coefficient (Wildman–Crippen LogP) is 2.09. The van der Waals surface area contributed by atoms with E-state index >= 15 is 0 Å². The Balaban J connectivity index is 3.04. The molecule has 3 heteroatoms. The van der Waals surface area contributed by atoms with Crippen LogP contribution in [0.3, 0.4) is 0 Å². The van der Waals surface area contributed by atoms with Crippen molar-refractivity contribution in [2.24, 2.45) is 0 Å². The molecular weight excluding hydrogens is 174 g/mol. The van der Waals surface area contributed by atoms with Crippen molar-refractivity contribution < 1.29 is 0 Å². The minimum absolute atomic E-state index is 0.900. The molecule has 1 heterocycles. The van der Waals surface area contributed by atoms with E-state index in [9.17, 15) is 0 Å². The van der Waals surface area contributed by atoms with Gasteiger partial charge in [0.2, 0.25) is 0 Å². The zero-order chi connectivity index (χ0) is 5.28. The number of aromatic nitrogens is 1. The van der Waals surface area contributed by atoms with Gasteiger partial charge in [0, 0.05) is 11.1 Å². The lowest BCUT2D eigenvalue weighted by Crippen LogP contribution is -1.51. The summed E-state index contributed by atoms with van der Waals surface area (Å²) in [6.45, 7) is 3.67. The number of hydrogen-bond acceptors (Lipinski definition) is 2. The molecule has 7 heavy (non-hydrogen) atoms. The molecule has 0 spiro atoms. The van der Waals surface area contributed by atoms with Gasteiger partial charge in [-0.1, -0.05) is 0 Å². The van der Waals surface area contributed by atoms with Crippen molar-refractivity contribution in [2.75, 3.05) is 0 Å². The molecule has 1 aromatic heterocycles. The van der Waals surface area contributed by atoms with E-state index in [4.69, 9.17) is 0 Å². The summed E-state index contributed by atoms with van der Waals surface area (Å²) in [5.41, 5.74) is 0. The van der Waals surface area contributed by atoms with E-state index in [1.54, 1.807) is 6.20 Å². The van der Waals surface area contributed by atoms with Crippen molar-refractivity contribution in [1.29, 1.82) is 0 Å². The molecular formula is C4H3BrNS. The van der Waals surface area contributed by atoms with E-state index in [1.165, 1.54) is 11.3 Å². The normalized spacial score (nSPS) is 9.43. The first kappa shape index (κ1) is 5.25. The standard InChI is InChI=1S/C4H3BrNS/c1-3-2-6-4(5)7-3/h2H,1H2. The molecule has 1 radical (unpaired) electrons. The first-order valence-corrected chi connectivity index (χ1v) is 3.33. The highest BCUT2D eigenvalue weighted by atomic mass is 79.9. The van der Waals surface area contributed by atoms with Gasteiger partial charge in [0.05, 0.1) is 0 Å². The quantitative estimate of drug-likeness (QED) is 0.591. The van der Waals surface area contributed by atoms with E-state index in [-0.39, 0.29) is 0 Å². The molecule has 0 fully saturated rings. The number of rotatable bonds is 0. The van der Waals surface area contributed by atoms with Gasteiger partial charge in [-0.2, -0.15) is 0 Å². The Labute approximate surface area is 54.5 Å². The monoisotopic (exact) mass is 176 g/mol. The molecule has 0 aromatic carbocycles. The second-order valence-electron chi connectivity index (χ2n) is 1.08. The molecule has 0 unspecified atom stereocenters. The van der Waals surface area contributed by atoms with Crippen LogP contribution in [0, 0.1) is 6.92 Å². The SMILES string of the molecule is [CH2]c1cnc(Br)s1. The summed E-state index contributed by atoms with van der Waals surface area (Å²) in [6.07, 6.45) is 1.73. The minimum Gasteiger partial charge on any atom is -0.237 e. The van der Waals surface area contributed by atoms with Gasteiger partial charge in [-0.25, -0.2) is 4.98 Å². The zero-order valence-electron chi connectivity index (χ0n) is 3.52. The fourth-order valence-electron chi connectivity index (χ4n) is 0.284. The summed E-state index contributed by atoms with van der Waals surface area (Å²) >= 11 is 4.74. The summed E-state index contributed by atoms with van der Waals surface area (Å²) < 4.78 is 0.900. The van der Waals surface area contributed by atoms with Gasteiger partial charge in [0.15, 0.2) is 3.92 Å². The van der Waals surface area contributed by atoms with Crippen LogP contribution >= 0.6 is 27.3 Å². The van der Waals surface area contributed by atoms with Gasteiger partial charge in [0.1, 0.15) is 0 Å². The third kappa shape index (κ3) is 1.24. The van der Waals surface area contributed by atoms with Crippen molar-refractivity contribution >= 4 is 27.3 Å². The zero-order valence-corrected chi connectivity index (χ0v) is 5.92. The number of thiazole rings is 1. The van der Waals surface area contributed by atoms with Gasteiger partial charge >= 0.3 is 0 Å². The average Bonchev–Trinajstić information content (AvgIpc) is 1.87. The number of hydrogen-bond donors (Lipinski definition) is 0. The van der Waals surface area contributed by atoms with E-state index in [0.717, 1.165) is 8.79 Å². The Morgan fingerprint density at radius 1 is 1.86 bits per heavy atom. The van der Waals surface area contributed by atoms with Gasteiger partial charge < -0.3 is 0 Å². The molecule has 0 saturated heterocycles. The molecule has 0 atom stereocenters. The summed E-state index contributed by atoms with van der Waals surface area (Å²) in [7, 11) is 0. The Morgan fingerprint density at radius 2 is 2.57 bits per heavy atom. The first-order valence-electron chi connectivity index (χ1n) is 1.72. The van der Waals surface area contributed by atoms with Crippen LogP contribution in [0.4, 0.5) is 0 Å². The predicted molar refractivity (Wildman–Crippen MR) is 34.3 cm³/mol. The van der Waals surface area contributed by atoms with Crippen LogP contribution in [0.25, 0.3) is 0 Å². The second kappa shape index (κ2) is 1.92. The smallest absolute Gasteiger partial charge is 0.159 e. The average molecular weight is 177 g/mol. The molecule has 0 saturated carbocycles. The third-order valence-electron chi connectivity index (χ3n) is 0.525. The lowest BCUT2D eigenvalue weighted by atomic mass is 10.7. The largest absolute Gasteiger partial charge is 0.237 e. The van der Waals surface area contributed by atoms with E-state index < -0.39 is 0 Å². The van der Waals surface area contributed by atoms with Gasteiger partial charge in [-0.05, 0) is 22.9 Å². The van der Waals surface area contributed by atoms with Crippen molar-refractivity contribution in [3.63, 3.8) is 0 Å². The maximum absolute atomic E-state index is 3.89. The van der Waals surface area contributed by atoms with Crippen LogP contribution < -0.4 is 0 Å². The van der Waals surface area contributed by atoms with Crippen molar-refractivity contribution in [3.8, 4) is 0 Å². The highest BCUT2D eigenvalue weighted by Gasteiger charge is 1.88. The molecule has 0 bridgehead atoms. The Bertz CT molecular complexity index is 144. The van der Waals surface area contributed by atoms with Gasteiger partial charge in [-0.3, -0.25) is 0 Å². The Hall–Kier alpha value is 0.110. The molecule has 1 nitrogen and oxygen atoms in total. The van der Waals surface area contributed by atoms with Crippen LogP contribution in [-0.2, 0) is 0 Å². The Kier molecular flexibility index (Phi) is 1.44. The second-order valence-corrected chi connectivity index (χ2v) is 3.47. The Morgan fingerprint density at radius 3 is 2.71 bits per heavy atom. The van der Waals surface area contributed by atoms with E-state index in [2.05, 4.69) is 27.8 Å². The van der Waals surface area contributed by atoms with Crippen molar-refractivity contribution in [2.45, 2.75) is 0 Å². The summed E-state index contributed by atoms with van der Waals surface area (Å²) in [5.74, 6) is 0. The number of halogens is 1. The van der Waals surface area contributed by atoms with Crippen molar-refractivity contribution in [3.05, 3.63) is 21.9 Å². The number of nitrogens with zero attached hydrogens (tertiary/aromatic N) is 1. The molecule has 0 aliphatic rings. The molecule has 1 aromatic rings. The van der Waals surface area contributed by atoms with Crippen LogP contribution in [0.5, 0.6) is 0 Å². The van der Waals surface area contributed by atoms with Crippen LogP contribution in [0.2, 0.25) is 0 Å². The fourth-order valence-corrected chi connectivity index (χ4v) is 1.44. The van der Waals surface area contributed by atoms with Crippen LogP contribution in [0.15, 0.2) is 10.1 Å². The van der Waals surface area contributed by atoms with Gasteiger partial charge in [0.25, 0.3) is 0 Å². The summed E-state index contributed by atoms with van der Waals surface area (Å²) in [4.78, 5) is 4.88. The van der Waals surface area contributed by atoms with Crippen molar-refractivity contribution in [1.82, 2.24) is 4.98 Å². The molecule has 0 amide bonds. The van der Waals surface area contributed by atoms with Crippen LogP contribution in [0.1, 0.15) is 4.88 Å². The first-order chi connectivity index (χ1) is 3.29. The summed E-state index contributed by atoms with van der Waals surface area (Å²) in [5, 5.41) is 0. The van der Waals surface area contributed by atoms with Gasteiger partial charge in [-0.15, -0.1) is 11.3 Å². The van der Waals surface area contributed by atoms with E-state index in [0.29, 0.717) is 0 Å². The highest BCUT2D eigenvalue weighted by Crippen LogP contribution is 2.16. The lowest BCUT2D eigenvalue weighted by molar-refractivity contribution is 1.37. The molecule has 0 N–H and O–H groups in total. The minimum atomic E-state index is 0.900. The van der Waals surface area contributed by atoms with E-state index in [1.807, 2.05) is 0 Å². The fraction of sp³-hybridized carbons (Fsp3) is 0.